The van der Waals surface area contributed by atoms with Crippen molar-refractivity contribution in [1.82, 2.24) is 0 Å². The maximum absolute atomic E-state index is 13.7. The van der Waals surface area contributed by atoms with Crippen LogP contribution in [-0.4, -0.2) is 19.4 Å². The van der Waals surface area contributed by atoms with Crippen LogP contribution < -0.4 is 0 Å². The third-order valence-corrected chi connectivity index (χ3v) is 4.29. The standard InChI is InChI=1S/C17H19FO2S2/c1-13-3-7-16(8-4-13)21-19-11-15(18)12-20-22-17-9-5-14(2)6-10-17/h3-10,15H,11-12H2,1-2H3. The average Bonchev–Trinajstić information content (AvgIpc) is 2.51. The Morgan fingerprint density at radius 2 is 1.14 bits per heavy atom. The summed E-state index contributed by atoms with van der Waals surface area (Å²) < 4.78 is 24.2. The van der Waals surface area contributed by atoms with Crippen molar-refractivity contribution in [2.75, 3.05) is 13.2 Å². The summed E-state index contributed by atoms with van der Waals surface area (Å²) in [7, 11) is 0. The van der Waals surface area contributed by atoms with Gasteiger partial charge in [-0.15, -0.1) is 0 Å². The van der Waals surface area contributed by atoms with Crippen LogP contribution >= 0.6 is 24.1 Å². The fourth-order valence-electron chi connectivity index (χ4n) is 1.59. The van der Waals surface area contributed by atoms with E-state index in [-0.39, 0.29) is 13.2 Å². The first-order valence-corrected chi connectivity index (χ1v) is 8.48. The molecule has 0 fully saturated rings. The molecule has 5 heteroatoms. The molecule has 2 nitrogen and oxygen atoms in total. The van der Waals surface area contributed by atoms with Crippen LogP contribution in [0.2, 0.25) is 0 Å². The van der Waals surface area contributed by atoms with Crippen molar-refractivity contribution in [3.63, 3.8) is 0 Å². The van der Waals surface area contributed by atoms with Crippen molar-refractivity contribution < 1.29 is 12.8 Å². The monoisotopic (exact) mass is 338 g/mol. The Morgan fingerprint density at radius 3 is 1.50 bits per heavy atom. The van der Waals surface area contributed by atoms with Crippen molar-refractivity contribution in [1.29, 1.82) is 0 Å². The van der Waals surface area contributed by atoms with E-state index in [1.54, 1.807) is 0 Å². The summed E-state index contributed by atoms with van der Waals surface area (Å²) in [5, 5.41) is 0. The second-order valence-corrected chi connectivity index (χ2v) is 6.71. The van der Waals surface area contributed by atoms with Crippen LogP contribution in [0.15, 0.2) is 58.3 Å². The van der Waals surface area contributed by atoms with E-state index in [2.05, 4.69) is 0 Å². The normalized spacial score (nSPS) is 11.1. The molecular weight excluding hydrogens is 319 g/mol. The lowest BCUT2D eigenvalue weighted by atomic mass is 10.2. The molecule has 0 aliphatic carbocycles. The van der Waals surface area contributed by atoms with E-state index in [9.17, 15) is 4.39 Å². The molecule has 0 saturated carbocycles. The lowest BCUT2D eigenvalue weighted by Gasteiger charge is -2.08. The van der Waals surface area contributed by atoms with Gasteiger partial charge in [0.2, 0.25) is 0 Å². The smallest absolute Gasteiger partial charge is 0.149 e. The van der Waals surface area contributed by atoms with Crippen LogP contribution in [0.4, 0.5) is 4.39 Å². The maximum Gasteiger partial charge on any atom is 0.149 e. The van der Waals surface area contributed by atoms with Crippen LogP contribution in [0.3, 0.4) is 0 Å². The molecule has 22 heavy (non-hydrogen) atoms. The Labute approximate surface area is 139 Å². The van der Waals surface area contributed by atoms with Crippen LogP contribution in [-0.2, 0) is 8.37 Å². The van der Waals surface area contributed by atoms with Crippen molar-refractivity contribution >= 4 is 24.1 Å². The number of aryl methyl sites for hydroxylation is 2. The first-order chi connectivity index (χ1) is 10.6. The number of rotatable bonds is 8. The number of halogens is 1. The molecule has 0 aromatic heterocycles. The molecular formula is C17H19FO2S2. The molecule has 0 saturated heterocycles. The van der Waals surface area contributed by atoms with Gasteiger partial charge in [-0.05, 0) is 38.1 Å². The summed E-state index contributed by atoms with van der Waals surface area (Å²) >= 11 is 2.37. The number of alkyl halides is 1. The zero-order valence-electron chi connectivity index (χ0n) is 12.6. The number of benzene rings is 2. The van der Waals surface area contributed by atoms with Gasteiger partial charge in [-0.3, -0.25) is 0 Å². The summed E-state index contributed by atoms with van der Waals surface area (Å²) in [4.78, 5) is 1.93. The molecule has 118 valence electrons. The third kappa shape index (κ3) is 6.40. The number of hydrogen-bond donors (Lipinski definition) is 0. The van der Waals surface area contributed by atoms with E-state index in [0.717, 1.165) is 9.79 Å². The molecule has 2 aromatic carbocycles. The van der Waals surface area contributed by atoms with Gasteiger partial charge in [0.1, 0.15) is 6.17 Å². The molecule has 2 rings (SSSR count). The van der Waals surface area contributed by atoms with Gasteiger partial charge in [-0.1, -0.05) is 35.4 Å². The third-order valence-electron chi connectivity index (χ3n) is 2.85. The van der Waals surface area contributed by atoms with Crippen molar-refractivity contribution in [3.8, 4) is 0 Å². The van der Waals surface area contributed by atoms with Gasteiger partial charge < -0.3 is 8.37 Å². The van der Waals surface area contributed by atoms with Crippen LogP contribution in [0.1, 0.15) is 11.1 Å². The van der Waals surface area contributed by atoms with Gasteiger partial charge >= 0.3 is 0 Å². The molecule has 0 spiro atoms. The Hall–Kier alpha value is -1.01. The second kappa shape index (κ2) is 9.20. The summed E-state index contributed by atoms with van der Waals surface area (Å²) in [5.41, 5.74) is 2.38. The van der Waals surface area contributed by atoms with E-state index in [0.29, 0.717) is 0 Å². The lowest BCUT2D eigenvalue weighted by Crippen LogP contribution is -2.13. The Morgan fingerprint density at radius 1 is 0.773 bits per heavy atom. The lowest BCUT2D eigenvalue weighted by molar-refractivity contribution is 0.159. The highest BCUT2D eigenvalue weighted by molar-refractivity contribution is 7.95. The zero-order valence-corrected chi connectivity index (χ0v) is 14.3. The van der Waals surface area contributed by atoms with Gasteiger partial charge in [0.25, 0.3) is 0 Å². The van der Waals surface area contributed by atoms with Gasteiger partial charge in [-0.25, -0.2) is 4.39 Å². The van der Waals surface area contributed by atoms with Gasteiger partial charge in [0, 0.05) is 33.9 Å². The highest BCUT2D eigenvalue weighted by Gasteiger charge is 2.08. The minimum absolute atomic E-state index is 0.00695. The van der Waals surface area contributed by atoms with Crippen molar-refractivity contribution in [2.45, 2.75) is 29.8 Å². The topological polar surface area (TPSA) is 18.5 Å². The van der Waals surface area contributed by atoms with Gasteiger partial charge in [0.15, 0.2) is 0 Å². The van der Waals surface area contributed by atoms with Crippen LogP contribution in [0.5, 0.6) is 0 Å². The van der Waals surface area contributed by atoms with E-state index in [1.165, 1.54) is 35.2 Å². The molecule has 0 radical (unpaired) electrons. The van der Waals surface area contributed by atoms with Crippen LogP contribution in [0.25, 0.3) is 0 Å². The zero-order chi connectivity index (χ0) is 15.8. The quantitative estimate of drug-likeness (QED) is 0.601. The largest absolute Gasteiger partial charge is 0.307 e. The van der Waals surface area contributed by atoms with E-state index in [4.69, 9.17) is 8.37 Å². The number of hydrogen-bond acceptors (Lipinski definition) is 4. The Kier molecular flexibility index (Phi) is 7.25. The average molecular weight is 338 g/mol. The summed E-state index contributed by atoms with van der Waals surface area (Å²) in [6.07, 6.45) is -1.14. The van der Waals surface area contributed by atoms with E-state index >= 15 is 0 Å². The first-order valence-electron chi connectivity index (χ1n) is 7.00. The molecule has 2 aromatic rings. The summed E-state index contributed by atoms with van der Waals surface area (Å²) in [6.45, 7) is 4.06. The predicted molar refractivity (Wildman–Crippen MR) is 90.9 cm³/mol. The predicted octanol–water partition coefficient (Wildman–Crippen LogP) is 5.39. The van der Waals surface area contributed by atoms with Crippen molar-refractivity contribution in [3.05, 3.63) is 59.7 Å². The Bertz CT molecular complexity index is 506. The molecule has 0 aliphatic rings. The molecule has 0 heterocycles. The highest BCUT2D eigenvalue weighted by atomic mass is 32.2. The minimum Gasteiger partial charge on any atom is -0.307 e. The minimum atomic E-state index is -1.14. The SMILES string of the molecule is Cc1ccc(SOCC(F)COSc2ccc(C)cc2)cc1. The molecule has 0 N–H and O–H groups in total. The molecule has 0 unspecified atom stereocenters. The Balaban J connectivity index is 1.60. The van der Waals surface area contributed by atoms with E-state index in [1.807, 2.05) is 62.4 Å². The van der Waals surface area contributed by atoms with Gasteiger partial charge in [0.05, 0.1) is 13.2 Å². The molecule has 0 atom stereocenters. The van der Waals surface area contributed by atoms with Crippen molar-refractivity contribution in [2.24, 2.45) is 0 Å². The fraction of sp³-hybridized carbons (Fsp3) is 0.294. The molecule has 0 aliphatic heterocycles. The molecule has 0 bridgehead atoms. The molecule has 0 amide bonds. The summed E-state index contributed by atoms with van der Waals surface area (Å²) in [6, 6.07) is 15.8. The first kappa shape index (κ1) is 17.3. The maximum atomic E-state index is 13.7. The second-order valence-electron chi connectivity index (χ2n) is 4.96. The van der Waals surface area contributed by atoms with Gasteiger partial charge in [-0.2, -0.15) is 0 Å². The van der Waals surface area contributed by atoms with E-state index < -0.39 is 6.17 Å². The fourth-order valence-corrected chi connectivity index (χ4v) is 2.79. The highest BCUT2D eigenvalue weighted by Crippen LogP contribution is 2.22. The summed E-state index contributed by atoms with van der Waals surface area (Å²) in [5.74, 6) is 0. The van der Waals surface area contributed by atoms with Crippen LogP contribution in [0, 0.1) is 13.8 Å².